The molecule has 0 amide bonds. The van der Waals surface area contributed by atoms with E-state index in [0.717, 1.165) is 58.4 Å². The lowest BCUT2D eigenvalue weighted by molar-refractivity contribution is -0.103. The van der Waals surface area contributed by atoms with E-state index in [4.69, 9.17) is 14.2 Å². The highest BCUT2D eigenvalue weighted by Crippen LogP contribution is 2.44. The first-order valence-electron chi connectivity index (χ1n) is 17.4. The van der Waals surface area contributed by atoms with E-state index in [1.165, 1.54) is 50.5 Å². The smallest absolute Gasteiger partial charge is 0.200 e. The Hall–Kier alpha value is -3.56. The van der Waals surface area contributed by atoms with Gasteiger partial charge in [-0.3, -0.25) is 0 Å². The summed E-state index contributed by atoms with van der Waals surface area (Å²) in [6, 6.07) is 36.1. The molecule has 0 heterocycles. The Labute approximate surface area is 271 Å². The second-order valence-corrected chi connectivity index (χ2v) is 13.3. The van der Waals surface area contributed by atoms with Crippen molar-refractivity contribution in [2.45, 2.75) is 83.8 Å². The maximum atomic E-state index is 6.61. The van der Waals surface area contributed by atoms with Crippen LogP contribution in [-0.4, -0.2) is 19.5 Å². The van der Waals surface area contributed by atoms with Crippen LogP contribution in [0.5, 0.6) is 11.5 Å². The molecular formula is C42H50O3. The lowest BCUT2D eigenvalue weighted by Gasteiger charge is -2.40. The van der Waals surface area contributed by atoms with E-state index < -0.39 is 0 Å². The van der Waals surface area contributed by atoms with Gasteiger partial charge in [-0.05, 0) is 78.2 Å². The zero-order valence-corrected chi connectivity index (χ0v) is 27.2. The number of benzene rings is 4. The summed E-state index contributed by atoms with van der Waals surface area (Å²) in [6.45, 7) is 5.43. The molecule has 236 valence electrons. The van der Waals surface area contributed by atoms with Crippen molar-refractivity contribution in [1.82, 2.24) is 0 Å². The molecule has 4 aromatic carbocycles. The van der Waals surface area contributed by atoms with Gasteiger partial charge in [-0.15, -0.1) is 0 Å². The fraction of sp³-hybridized carbons (Fsp3) is 0.429. The molecule has 0 aliphatic heterocycles. The van der Waals surface area contributed by atoms with Crippen molar-refractivity contribution in [1.29, 1.82) is 0 Å². The minimum absolute atomic E-state index is 0.286. The zero-order chi connectivity index (χ0) is 30.8. The van der Waals surface area contributed by atoms with Gasteiger partial charge in [0.15, 0.2) is 6.29 Å². The monoisotopic (exact) mass is 602 g/mol. The lowest BCUT2D eigenvalue weighted by atomic mass is 9.67. The van der Waals surface area contributed by atoms with Crippen LogP contribution in [0.15, 0.2) is 103 Å². The molecule has 0 saturated heterocycles. The maximum Gasteiger partial charge on any atom is 0.200 e. The number of hydrogen-bond donors (Lipinski definition) is 0. The average Bonchev–Trinajstić information content (AvgIpc) is 3.10. The van der Waals surface area contributed by atoms with Gasteiger partial charge in [0.25, 0.3) is 0 Å². The topological polar surface area (TPSA) is 27.7 Å². The standard InChI is InChI=1S/C42H50O3/c1-3-31(2)33-23-25-38(26-24-33)45-41(30-32-21-22-34-13-10-11-18-37(34)29-32)43-27-28-44-42-39(35-14-6-4-7-15-35)19-12-20-40(42)36-16-8-5-9-17-36/h4-9,12,14-17,19-20,23-26,31-32,34,37,41H,3,10-11,13,18,21-22,27-30H2,1-2H3. The van der Waals surface area contributed by atoms with Crippen LogP contribution in [0, 0.1) is 17.8 Å². The summed E-state index contributed by atoms with van der Waals surface area (Å²) in [6.07, 6.45) is 11.4. The Balaban J connectivity index is 1.16. The summed E-state index contributed by atoms with van der Waals surface area (Å²) >= 11 is 0. The summed E-state index contributed by atoms with van der Waals surface area (Å²) in [4.78, 5) is 0. The van der Waals surface area contributed by atoms with Crippen LogP contribution in [0.3, 0.4) is 0 Å². The van der Waals surface area contributed by atoms with Crippen molar-refractivity contribution in [3.8, 4) is 33.8 Å². The number of ether oxygens (including phenoxy) is 3. The minimum atomic E-state index is -0.286. The summed E-state index contributed by atoms with van der Waals surface area (Å²) in [7, 11) is 0. The molecule has 45 heavy (non-hydrogen) atoms. The van der Waals surface area contributed by atoms with Crippen molar-refractivity contribution >= 4 is 0 Å². The van der Waals surface area contributed by atoms with Gasteiger partial charge in [-0.25, -0.2) is 0 Å². The highest BCUT2D eigenvalue weighted by molar-refractivity contribution is 5.82. The quantitative estimate of drug-likeness (QED) is 0.113. The van der Waals surface area contributed by atoms with Crippen LogP contribution >= 0.6 is 0 Å². The first-order valence-corrected chi connectivity index (χ1v) is 17.4. The first kappa shape index (κ1) is 31.4. The number of hydrogen-bond acceptors (Lipinski definition) is 3. The molecule has 3 heteroatoms. The van der Waals surface area contributed by atoms with Crippen LogP contribution < -0.4 is 9.47 Å². The Morgan fingerprint density at radius 3 is 1.96 bits per heavy atom. The highest BCUT2D eigenvalue weighted by atomic mass is 16.7. The lowest BCUT2D eigenvalue weighted by Crippen LogP contribution is -2.32. The molecule has 2 aliphatic carbocycles. The molecule has 2 fully saturated rings. The normalized spacial score (nSPS) is 21.0. The Kier molecular flexibility index (Phi) is 10.9. The number of fused-ring (bicyclic) bond motifs is 1. The molecule has 0 spiro atoms. The molecular weight excluding hydrogens is 552 g/mol. The SMILES string of the molecule is CCC(C)c1ccc(OC(CC2CCC3CCCCC3C2)OCCOc2c(-c3ccccc3)cccc2-c2ccccc2)cc1. The fourth-order valence-electron chi connectivity index (χ4n) is 7.58. The molecule has 4 aromatic rings. The second-order valence-electron chi connectivity index (χ2n) is 13.3. The Morgan fingerprint density at radius 1 is 0.667 bits per heavy atom. The van der Waals surface area contributed by atoms with Crippen LogP contribution in [0.1, 0.15) is 83.1 Å². The van der Waals surface area contributed by atoms with Crippen molar-refractivity contribution in [2.75, 3.05) is 13.2 Å². The van der Waals surface area contributed by atoms with Gasteiger partial charge in [0, 0.05) is 17.5 Å². The van der Waals surface area contributed by atoms with E-state index in [1.807, 2.05) is 0 Å². The van der Waals surface area contributed by atoms with Crippen molar-refractivity contribution in [3.63, 3.8) is 0 Å². The number of rotatable bonds is 13. The third kappa shape index (κ3) is 8.19. The van der Waals surface area contributed by atoms with Gasteiger partial charge in [-0.1, -0.05) is 131 Å². The van der Waals surface area contributed by atoms with E-state index in [9.17, 15) is 0 Å². The Morgan fingerprint density at radius 2 is 1.31 bits per heavy atom. The summed E-state index contributed by atoms with van der Waals surface area (Å²) < 4.78 is 19.7. The Bertz CT molecular complexity index is 1390. The minimum Gasteiger partial charge on any atom is -0.490 e. The maximum absolute atomic E-state index is 6.61. The van der Waals surface area contributed by atoms with Gasteiger partial charge >= 0.3 is 0 Å². The predicted molar refractivity (Wildman–Crippen MR) is 186 cm³/mol. The van der Waals surface area contributed by atoms with E-state index in [1.54, 1.807) is 0 Å². The van der Waals surface area contributed by atoms with Gasteiger partial charge in [0.05, 0.1) is 6.61 Å². The predicted octanol–water partition coefficient (Wildman–Crippen LogP) is 11.3. The summed E-state index contributed by atoms with van der Waals surface area (Å²) in [5.41, 5.74) is 5.83. The van der Waals surface area contributed by atoms with Gasteiger partial charge in [0.2, 0.25) is 0 Å². The second kappa shape index (κ2) is 15.6. The summed E-state index contributed by atoms with van der Waals surface area (Å²) in [5.74, 6) is 4.82. The summed E-state index contributed by atoms with van der Waals surface area (Å²) in [5, 5.41) is 0. The van der Waals surface area contributed by atoms with Gasteiger partial charge in [0.1, 0.15) is 18.1 Å². The molecule has 5 unspecified atom stereocenters. The molecule has 2 aliphatic rings. The molecule has 0 aromatic heterocycles. The van der Waals surface area contributed by atoms with Crippen LogP contribution in [0.2, 0.25) is 0 Å². The van der Waals surface area contributed by atoms with E-state index in [0.29, 0.717) is 25.0 Å². The average molecular weight is 603 g/mol. The molecule has 0 radical (unpaired) electrons. The number of para-hydroxylation sites is 1. The van der Waals surface area contributed by atoms with Crippen LogP contribution in [0.4, 0.5) is 0 Å². The molecule has 0 N–H and O–H groups in total. The third-order valence-corrected chi connectivity index (χ3v) is 10.3. The van der Waals surface area contributed by atoms with Crippen LogP contribution in [-0.2, 0) is 4.74 Å². The largest absolute Gasteiger partial charge is 0.490 e. The van der Waals surface area contributed by atoms with Crippen molar-refractivity contribution < 1.29 is 14.2 Å². The van der Waals surface area contributed by atoms with Crippen molar-refractivity contribution in [2.24, 2.45) is 17.8 Å². The molecule has 6 rings (SSSR count). The van der Waals surface area contributed by atoms with Crippen LogP contribution in [0.25, 0.3) is 22.3 Å². The fourth-order valence-corrected chi connectivity index (χ4v) is 7.58. The van der Waals surface area contributed by atoms with Gasteiger partial charge < -0.3 is 14.2 Å². The molecule has 3 nitrogen and oxygen atoms in total. The molecule has 5 atom stereocenters. The third-order valence-electron chi connectivity index (χ3n) is 10.3. The zero-order valence-electron chi connectivity index (χ0n) is 27.2. The highest BCUT2D eigenvalue weighted by Gasteiger charge is 2.33. The molecule has 2 saturated carbocycles. The first-order chi connectivity index (χ1) is 22.2. The van der Waals surface area contributed by atoms with E-state index >= 15 is 0 Å². The van der Waals surface area contributed by atoms with Gasteiger partial charge in [-0.2, -0.15) is 0 Å². The molecule has 0 bridgehead atoms. The van der Waals surface area contributed by atoms with Crippen molar-refractivity contribution in [3.05, 3.63) is 109 Å². The van der Waals surface area contributed by atoms with E-state index in [2.05, 4.69) is 117 Å². The van der Waals surface area contributed by atoms with E-state index in [-0.39, 0.29) is 6.29 Å².